The number of nitrogens with zero attached hydrogens (tertiary/aromatic N) is 2. The van der Waals surface area contributed by atoms with Crippen molar-refractivity contribution < 1.29 is 22.7 Å². The van der Waals surface area contributed by atoms with Crippen molar-refractivity contribution in [2.45, 2.75) is 24.7 Å². The highest BCUT2D eigenvalue weighted by molar-refractivity contribution is 7.89. The molecule has 1 aromatic heterocycles. The second-order valence-electron chi connectivity index (χ2n) is 6.66. The number of benzene rings is 1. The van der Waals surface area contributed by atoms with E-state index in [-0.39, 0.29) is 36.4 Å². The first-order valence-electron chi connectivity index (χ1n) is 9.40. The summed E-state index contributed by atoms with van der Waals surface area (Å²) in [6.45, 7) is 2.52. The van der Waals surface area contributed by atoms with E-state index in [2.05, 4.69) is 10.3 Å². The molecule has 3 rings (SSSR count). The van der Waals surface area contributed by atoms with Gasteiger partial charge in [-0.15, -0.1) is 0 Å². The van der Waals surface area contributed by atoms with E-state index in [1.807, 2.05) is 0 Å². The molecule has 154 valence electrons. The van der Waals surface area contributed by atoms with Crippen molar-refractivity contribution in [1.82, 2.24) is 9.29 Å². The van der Waals surface area contributed by atoms with Gasteiger partial charge in [0.15, 0.2) is 0 Å². The fourth-order valence-electron chi connectivity index (χ4n) is 3.19. The van der Waals surface area contributed by atoms with Crippen molar-refractivity contribution in [1.29, 1.82) is 0 Å². The summed E-state index contributed by atoms with van der Waals surface area (Å²) in [6.07, 6.45) is 3.68. The van der Waals surface area contributed by atoms with Gasteiger partial charge in [0.25, 0.3) is 0 Å². The van der Waals surface area contributed by atoms with Gasteiger partial charge in [0.1, 0.15) is 4.90 Å². The highest BCUT2D eigenvalue weighted by Gasteiger charge is 2.32. The predicted octanol–water partition coefficient (Wildman–Crippen LogP) is 2.30. The van der Waals surface area contributed by atoms with E-state index >= 15 is 0 Å². The first-order valence-corrected chi connectivity index (χ1v) is 10.8. The maximum absolute atomic E-state index is 12.7. The van der Waals surface area contributed by atoms with Crippen LogP contribution in [0.25, 0.3) is 0 Å². The SMILES string of the molecule is CCOC(=O)c1cccc(NC(=O)C2CCN(S(=O)(=O)c3cccnc3)CC2)c1. The van der Waals surface area contributed by atoms with Crippen molar-refractivity contribution in [3.8, 4) is 0 Å². The van der Waals surface area contributed by atoms with Crippen LogP contribution in [-0.4, -0.2) is 49.3 Å². The van der Waals surface area contributed by atoms with E-state index in [1.165, 1.54) is 22.8 Å². The number of ether oxygens (including phenoxy) is 1. The quantitative estimate of drug-likeness (QED) is 0.723. The lowest BCUT2D eigenvalue weighted by Crippen LogP contribution is -2.41. The van der Waals surface area contributed by atoms with Gasteiger partial charge in [0.2, 0.25) is 15.9 Å². The van der Waals surface area contributed by atoms with Crippen LogP contribution in [0.2, 0.25) is 0 Å². The van der Waals surface area contributed by atoms with Gasteiger partial charge >= 0.3 is 5.97 Å². The Kier molecular flexibility index (Phi) is 6.60. The Morgan fingerprint density at radius 1 is 1.21 bits per heavy atom. The van der Waals surface area contributed by atoms with Gasteiger partial charge in [-0.3, -0.25) is 9.78 Å². The number of anilines is 1. The summed E-state index contributed by atoms with van der Waals surface area (Å²) in [7, 11) is -3.60. The maximum atomic E-state index is 12.7. The topological polar surface area (TPSA) is 106 Å². The third-order valence-electron chi connectivity index (χ3n) is 4.74. The Labute approximate surface area is 169 Å². The van der Waals surface area contributed by atoms with Crippen molar-refractivity contribution in [2.75, 3.05) is 25.0 Å². The van der Waals surface area contributed by atoms with Crippen molar-refractivity contribution in [3.63, 3.8) is 0 Å². The number of piperidine rings is 1. The Bertz CT molecular complexity index is 971. The fraction of sp³-hybridized carbons (Fsp3) is 0.350. The minimum Gasteiger partial charge on any atom is -0.462 e. The number of amides is 1. The zero-order valence-electron chi connectivity index (χ0n) is 16.1. The third-order valence-corrected chi connectivity index (χ3v) is 6.62. The number of rotatable bonds is 6. The van der Waals surface area contributed by atoms with Gasteiger partial charge in [0, 0.05) is 37.1 Å². The molecule has 0 spiro atoms. The first kappa shape index (κ1) is 20.9. The number of hydrogen-bond donors (Lipinski definition) is 1. The summed E-state index contributed by atoms with van der Waals surface area (Å²) in [5.41, 5.74) is 0.869. The highest BCUT2D eigenvalue weighted by atomic mass is 32.2. The highest BCUT2D eigenvalue weighted by Crippen LogP contribution is 2.24. The largest absolute Gasteiger partial charge is 0.462 e. The smallest absolute Gasteiger partial charge is 0.338 e. The molecule has 0 saturated carbocycles. The average Bonchev–Trinajstić information content (AvgIpc) is 2.75. The van der Waals surface area contributed by atoms with Gasteiger partial charge in [-0.2, -0.15) is 4.31 Å². The first-order chi connectivity index (χ1) is 13.9. The molecule has 29 heavy (non-hydrogen) atoms. The molecule has 1 fully saturated rings. The summed E-state index contributed by atoms with van der Waals surface area (Å²) in [6, 6.07) is 9.65. The Hall–Kier alpha value is -2.78. The monoisotopic (exact) mass is 417 g/mol. The van der Waals surface area contributed by atoms with Crippen molar-refractivity contribution in [3.05, 3.63) is 54.4 Å². The second kappa shape index (κ2) is 9.15. The average molecular weight is 417 g/mol. The molecule has 0 bridgehead atoms. The molecule has 0 atom stereocenters. The molecule has 1 N–H and O–H groups in total. The van der Waals surface area contributed by atoms with E-state index in [1.54, 1.807) is 37.3 Å². The lowest BCUT2D eigenvalue weighted by molar-refractivity contribution is -0.120. The maximum Gasteiger partial charge on any atom is 0.338 e. The molecule has 0 unspecified atom stereocenters. The Morgan fingerprint density at radius 2 is 1.97 bits per heavy atom. The normalized spacial score (nSPS) is 15.6. The Morgan fingerprint density at radius 3 is 2.62 bits per heavy atom. The number of pyridine rings is 1. The number of nitrogens with one attached hydrogen (secondary N) is 1. The summed E-state index contributed by atoms with van der Waals surface area (Å²) < 4.78 is 31.7. The molecule has 0 aliphatic carbocycles. The molecule has 1 aromatic carbocycles. The molecule has 1 amide bonds. The van der Waals surface area contributed by atoms with Crippen LogP contribution >= 0.6 is 0 Å². The third kappa shape index (κ3) is 4.99. The number of esters is 1. The van der Waals surface area contributed by atoms with E-state index < -0.39 is 16.0 Å². The standard InChI is InChI=1S/C20H23N3O5S/c1-2-28-20(25)16-5-3-6-17(13-16)22-19(24)15-8-11-23(12-9-15)29(26,27)18-7-4-10-21-14-18/h3-7,10,13-15H,2,8-9,11-12H2,1H3,(H,22,24). The molecular weight excluding hydrogens is 394 g/mol. The molecule has 1 aliphatic rings. The van der Waals surface area contributed by atoms with Gasteiger partial charge in [-0.1, -0.05) is 6.07 Å². The molecule has 1 saturated heterocycles. The fourth-order valence-corrected chi connectivity index (χ4v) is 4.62. The molecule has 8 nitrogen and oxygen atoms in total. The van der Waals surface area contributed by atoms with Gasteiger partial charge < -0.3 is 10.1 Å². The van der Waals surface area contributed by atoms with Crippen LogP contribution in [0, 0.1) is 5.92 Å². The summed E-state index contributed by atoms with van der Waals surface area (Å²) >= 11 is 0. The molecule has 0 radical (unpaired) electrons. The number of carbonyl (C=O) groups is 2. The number of aromatic nitrogens is 1. The van der Waals surface area contributed by atoms with E-state index in [0.717, 1.165) is 0 Å². The van der Waals surface area contributed by atoms with E-state index in [4.69, 9.17) is 4.74 Å². The predicted molar refractivity (Wildman–Crippen MR) is 107 cm³/mol. The molecular formula is C20H23N3O5S. The Balaban J connectivity index is 1.59. The van der Waals surface area contributed by atoms with Gasteiger partial charge in [0.05, 0.1) is 12.2 Å². The van der Waals surface area contributed by atoms with E-state index in [0.29, 0.717) is 24.1 Å². The molecule has 2 aromatic rings. The summed E-state index contributed by atoms with van der Waals surface area (Å²) in [4.78, 5) is 28.4. The van der Waals surface area contributed by atoms with Crippen LogP contribution in [0.3, 0.4) is 0 Å². The van der Waals surface area contributed by atoms with Crippen LogP contribution in [0.4, 0.5) is 5.69 Å². The number of carbonyl (C=O) groups excluding carboxylic acids is 2. The van der Waals surface area contributed by atoms with Crippen LogP contribution < -0.4 is 5.32 Å². The number of hydrogen-bond acceptors (Lipinski definition) is 6. The zero-order valence-corrected chi connectivity index (χ0v) is 16.9. The van der Waals surface area contributed by atoms with Crippen LogP contribution in [-0.2, 0) is 19.6 Å². The van der Waals surface area contributed by atoms with Crippen molar-refractivity contribution >= 4 is 27.6 Å². The summed E-state index contributed by atoms with van der Waals surface area (Å²) in [5.74, 6) is -0.941. The lowest BCUT2D eigenvalue weighted by atomic mass is 9.97. The lowest BCUT2D eigenvalue weighted by Gasteiger charge is -2.30. The van der Waals surface area contributed by atoms with E-state index in [9.17, 15) is 18.0 Å². The van der Waals surface area contributed by atoms with Crippen LogP contribution in [0.1, 0.15) is 30.1 Å². The minimum atomic E-state index is -3.60. The summed E-state index contributed by atoms with van der Waals surface area (Å²) in [5, 5.41) is 2.81. The van der Waals surface area contributed by atoms with Gasteiger partial charge in [-0.05, 0) is 50.1 Å². The van der Waals surface area contributed by atoms with Crippen molar-refractivity contribution in [2.24, 2.45) is 5.92 Å². The molecule has 9 heteroatoms. The van der Waals surface area contributed by atoms with Crippen LogP contribution in [0.15, 0.2) is 53.7 Å². The van der Waals surface area contributed by atoms with Gasteiger partial charge in [-0.25, -0.2) is 13.2 Å². The van der Waals surface area contributed by atoms with Crippen LogP contribution in [0.5, 0.6) is 0 Å². The second-order valence-corrected chi connectivity index (χ2v) is 8.60. The minimum absolute atomic E-state index is 0.152. The molecule has 1 aliphatic heterocycles. The molecule has 2 heterocycles. The number of sulfonamides is 1. The zero-order chi connectivity index (χ0) is 20.9.